The van der Waals surface area contributed by atoms with Crippen molar-refractivity contribution in [2.45, 2.75) is 27.2 Å². The standard InChI is InChI=1S/C20H22N2O2/c1-13-5-4-6-17(8-13)21-20(24)16-11-19(23)22(12-16)18-9-14(2)7-15(3)10-18/h4-10,16H,11-12H2,1-3H3,(H,21,24)/t16-/m1/s1. The Labute approximate surface area is 142 Å². The molecule has 24 heavy (non-hydrogen) atoms. The second kappa shape index (κ2) is 6.48. The Morgan fingerprint density at radius 1 is 1.04 bits per heavy atom. The van der Waals surface area contributed by atoms with E-state index in [4.69, 9.17) is 0 Å². The fourth-order valence-corrected chi connectivity index (χ4v) is 3.21. The number of rotatable bonds is 3. The lowest BCUT2D eigenvalue weighted by molar-refractivity contribution is -0.122. The molecule has 0 bridgehead atoms. The Morgan fingerprint density at radius 3 is 2.42 bits per heavy atom. The molecule has 1 heterocycles. The first-order valence-corrected chi connectivity index (χ1v) is 8.18. The molecular weight excluding hydrogens is 300 g/mol. The lowest BCUT2D eigenvalue weighted by Crippen LogP contribution is -2.28. The van der Waals surface area contributed by atoms with Crippen LogP contribution in [0.1, 0.15) is 23.1 Å². The zero-order valence-electron chi connectivity index (χ0n) is 14.3. The van der Waals surface area contributed by atoms with Gasteiger partial charge in [-0.05, 0) is 61.7 Å². The Balaban J connectivity index is 1.73. The number of carbonyl (C=O) groups is 2. The zero-order valence-corrected chi connectivity index (χ0v) is 14.3. The molecule has 4 heteroatoms. The normalized spacial score (nSPS) is 17.2. The SMILES string of the molecule is Cc1cccc(NC(=O)[C@@H]2CC(=O)N(c3cc(C)cc(C)c3)C2)c1. The average Bonchev–Trinajstić information content (AvgIpc) is 2.88. The van der Waals surface area contributed by atoms with Gasteiger partial charge in [-0.25, -0.2) is 0 Å². The predicted octanol–water partition coefficient (Wildman–Crippen LogP) is 3.60. The van der Waals surface area contributed by atoms with E-state index < -0.39 is 0 Å². The van der Waals surface area contributed by atoms with Crippen LogP contribution in [0.2, 0.25) is 0 Å². The number of hydrogen-bond donors (Lipinski definition) is 1. The predicted molar refractivity (Wildman–Crippen MR) is 96.2 cm³/mol. The molecule has 124 valence electrons. The monoisotopic (exact) mass is 322 g/mol. The fraction of sp³-hybridized carbons (Fsp3) is 0.300. The molecule has 0 aromatic heterocycles. The second-order valence-corrected chi connectivity index (χ2v) is 6.61. The van der Waals surface area contributed by atoms with Crippen molar-refractivity contribution in [3.63, 3.8) is 0 Å². The van der Waals surface area contributed by atoms with Crippen LogP contribution in [0.3, 0.4) is 0 Å². The molecule has 1 aliphatic rings. The van der Waals surface area contributed by atoms with Crippen molar-refractivity contribution in [1.29, 1.82) is 0 Å². The third-order valence-electron chi connectivity index (χ3n) is 4.30. The third kappa shape index (κ3) is 3.48. The molecule has 2 aromatic rings. The van der Waals surface area contributed by atoms with Crippen LogP contribution in [0.5, 0.6) is 0 Å². The number of aryl methyl sites for hydroxylation is 3. The highest BCUT2D eigenvalue weighted by Gasteiger charge is 2.35. The van der Waals surface area contributed by atoms with Crippen molar-refractivity contribution in [2.24, 2.45) is 5.92 Å². The van der Waals surface area contributed by atoms with E-state index >= 15 is 0 Å². The van der Waals surface area contributed by atoms with E-state index in [0.717, 1.165) is 28.1 Å². The molecule has 0 aliphatic carbocycles. The number of anilines is 2. The molecule has 1 N–H and O–H groups in total. The van der Waals surface area contributed by atoms with Gasteiger partial charge < -0.3 is 10.2 Å². The van der Waals surface area contributed by atoms with Crippen LogP contribution in [-0.2, 0) is 9.59 Å². The summed E-state index contributed by atoms with van der Waals surface area (Å²) >= 11 is 0. The molecule has 4 nitrogen and oxygen atoms in total. The maximum absolute atomic E-state index is 12.5. The van der Waals surface area contributed by atoms with Gasteiger partial charge in [-0.1, -0.05) is 18.2 Å². The lowest BCUT2D eigenvalue weighted by atomic mass is 10.1. The van der Waals surface area contributed by atoms with Crippen LogP contribution in [-0.4, -0.2) is 18.4 Å². The molecular formula is C20H22N2O2. The summed E-state index contributed by atoms with van der Waals surface area (Å²) < 4.78 is 0. The van der Waals surface area contributed by atoms with Crippen LogP contribution < -0.4 is 10.2 Å². The zero-order chi connectivity index (χ0) is 17.3. The van der Waals surface area contributed by atoms with Gasteiger partial charge in [0.1, 0.15) is 0 Å². The quantitative estimate of drug-likeness (QED) is 0.938. The molecule has 1 aliphatic heterocycles. The fourth-order valence-electron chi connectivity index (χ4n) is 3.21. The smallest absolute Gasteiger partial charge is 0.229 e. The number of benzene rings is 2. The lowest BCUT2D eigenvalue weighted by Gasteiger charge is -2.18. The van der Waals surface area contributed by atoms with Crippen molar-refractivity contribution in [2.75, 3.05) is 16.8 Å². The van der Waals surface area contributed by atoms with Crippen LogP contribution in [0.4, 0.5) is 11.4 Å². The molecule has 1 atom stereocenters. The van der Waals surface area contributed by atoms with Crippen molar-refractivity contribution >= 4 is 23.2 Å². The maximum atomic E-state index is 12.5. The highest BCUT2D eigenvalue weighted by atomic mass is 16.2. The number of nitrogens with one attached hydrogen (secondary N) is 1. The second-order valence-electron chi connectivity index (χ2n) is 6.61. The first-order valence-electron chi connectivity index (χ1n) is 8.18. The summed E-state index contributed by atoms with van der Waals surface area (Å²) in [6.07, 6.45) is 0.255. The summed E-state index contributed by atoms with van der Waals surface area (Å²) in [7, 11) is 0. The van der Waals surface area contributed by atoms with Gasteiger partial charge in [-0.2, -0.15) is 0 Å². The van der Waals surface area contributed by atoms with Gasteiger partial charge in [0.25, 0.3) is 0 Å². The maximum Gasteiger partial charge on any atom is 0.229 e. The minimum absolute atomic E-state index is 0.00407. The molecule has 0 radical (unpaired) electrons. The van der Waals surface area contributed by atoms with Crippen molar-refractivity contribution in [3.8, 4) is 0 Å². The van der Waals surface area contributed by atoms with E-state index in [9.17, 15) is 9.59 Å². The Morgan fingerprint density at radius 2 is 1.75 bits per heavy atom. The molecule has 3 rings (SSSR count). The van der Waals surface area contributed by atoms with E-state index in [1.165, 1.54) is 0 Å². The van der Waals surface area contributed by atoms with Gasteiger partial charge in [0.2, 0.25) is 11.8 Å². The number of amides is 2. The molecule has 0 spiro atoms. The first kappa shape index (κ1) is 16.2. The number of carbonyl (C=O) groups excluding carboxylic acids is 2. The Bertz CT molecular complexity index is 778. The molecule has 2 aromatic carbocycles. The van der Waals surface area contributed by atoms with E-state index in [1.54, 1.807) is 4.90 Å². The number of nitrogens with zero attached hydrogens (tertiary/aromatic N) is 1. The summed E-state index contributed by atoms with van der Waals surface area (Å²) in [6, 6.07) is 13.7. The minimum Gasteiger partial charge on any atom is -0.326 e. The van der Waals surface area contributed by atoms with Gasteiger partial charge in [0, 0.05) is 24.3 Å². The molecule has 0 unspecified atom stereocenters. The van der Waals surface area contributed by atoms with E-state index in [0.29, 0.717) is 6.54 Å². The minimum atomic E-state index is -0.321. The molecule has 1 saturated heterocycles. The molecule has 2 amide bonds. The van der Waals surface area contributed by atoms with Gasteiger partial charge in [-0.3, -0.25) is 9.59 Å². The number of hydrogen-bond acceptors (Lipinski definition) is 2. The first-order chi connectivity index (χ1) is 11.4. The summed E-state index contributed by atoms with van der Waals surface area (Å²) in [5, 5.41) is 2.92. The summed E-state index contributed by atoms with van der Waals surface area (Å²) in [5.41, 5.74) is 4.98. The van der Waals surface area contributed by atoms with E-state index in [1.807, 2.05) is 57.2 Å². The van der Waals surface area contributed by atoms with E-state index in [-0.39, 0.29) is 24.2 Å². The largest absolute Gasteiger partial charge is 0.326 e. The molecule has 1 fully saturated rings. The third-order valence-corrected chi connectivity index (χ3v) is 4.30. The Kier molecular flexibility index (Phi) is 4.38. The average molecular weight is 322 g/mol. The van der Waals surface area contributed by atoms with Crippen LogP contribution in [0.25, 0.3) is 0 Å². The van der Waals surface area contributed by atoms with Crippen molar-refractivity contribution < 1.29 is 9.59 Å². The highest BCUT2D eigenvalue weighted by Crippen LogP contribution is 2.27. The van der Waals surface area contributed by atoms with E-state index in [2.05, 4.69) is 11.4 Å². The van der Waals surface area contributed by atoms with Crippen molar-refractivity contribution in [1.82, 2.24) is 0 Å². The van der Waals surface area contributed by atoms with Crippen LogP contribution >= 0.6 is 0 Å². The van der Waals surface area contributed by atoms with Crippen LogP contribution in [0.15, 0.2) is 42.5 Å². The van der Waals surface area contributed by atoms with Crippen LogP contribution in [0, 0.1) is 26.7 Å². The Hall–Kier alpha value is -2.62. The topological polar surface area (TPSA) is 49.4 Å². The van der Waals surface area contributed by atoms with Gasteiger partial charge in [0.05, 0.1) is 5.92 Å². The highest BCUT2D eigenvalue weighted by molar-refractivity contribution is 6.03. The summed E-state index contributed by atoms with van der Waals surface area (Å²) in [4.78, 5) is 26.6. The summed E-state index contributed by atoms with van der Waals surface area (Å²) in [5.74, 6) is -0.413. The molecule has 0 saturated carbocycles. The van der Waals surface area contributed by atoms with Crippen molar-refractivity contribution in [3.05, 3.63) is 59.2 Å². The van der Waals surface area contributed by atoms with Gasteiger partial charge >= 0.3 is 0 Å². The van der Waals surface area contributed by atoms with Gasteiger partial charge in [0.15, 0.2) is 0 Å². The van der Waals surface area contributed by atoms with Gasteiger partial charge in [-0.15, -0.1) is 0 Å². The summed E-state index contributed by atoms with van der Waals surface area (Å²) in [6.45, 7) is 6.44.